The molecule has 5 heteroatoms. The monoisotopic (exact) mass is 419 g/mol. The van der Waals surface area contributed by atoms with E-state index in [1.807, 2.05) is 18.3 Å². The van der Waals surface area contributed by atoms with Gasteiger partial charge in [-0.05, 0) is 56.4 Å². The Morgan fingerprint density at radius 3 is 2.73 bits per heavy atom. The topological polar surface area (TPSA) is 50.1 Å². The fourth-order valence-corrected chi connectivity index (χ4v) is 4.81. The molecule has 1 aromatic carbocycles. The molecule has 2 heterocycles. The van der Waals surface area contributed by atoms with Gasteiger partial charge in [0.25, 0.3) is 0 Å². The van der Waals surface area contributed by atoms with Gasteiger partial charge in [-0.2, -0.15) is 5.10 Å². The molecule has 0 spiro atoms. The van der Waals surface area contributed by atoms with Gasteiger partial charge >= 0.3 is 0 Å². The zero-order valence-electron chi connectivity index (χ0n) is 18.1. The summed E-state index contributed by atoms with van der Waals surface area (Å²) in [6, 6.07) is 14.8. The maximum Gasteiger partial charge on any atom is 0.120 e. The number of nitrogens with one attached hydrogen (secondary N) is 1. The summed E-state index contributed by atoms with van der Waals surface area (Å²) in [6.07, 6.45) is 4.13. The average Bonchev–Trinajstić information content (AvgIpc) is 3.30. The van der Waals surface area contributed by atoms with Crippen LogP contribution in [0.1, 0.15) is 61.2 Å². The molecule has 30 heavy (non-hydrogen) atoms. The van der Waals surface area contributed by atoms with Crippen molar-refractivity contribution in [3.05, 3.63) is 69.7 Å². The van der Waals surface area contributed by atoms with Gasteiger partial charge < -0.3 is 10.4 Å². The minimum atomic E-state index is -0.967. The molecule has 0 aliphatic heterocycles. The lowest BCUT2D eigenvalue weighted by atomic mass is 9.74. The highest BCUT2D eigenvalue weighted by atomic mass is 32.1. The smallest absolute Gasteiger partial charge is 0.120 e. The van der Waals surface area contributed by atoms with Crippen LogP contribution in [0.5, 0.6) is 0 Å². The molecule has 1 atom stereocenters. The van der Waals surface area contributed by atoms with Crippen LogP contribution in [-0.4, -0.2) is 20.5 Å². The van der Waals surface area contributed by atoms with Gasteiger partial charge in [-0.25, -0.2) is 4.68 Å². The average molecular weight is 420 g/mol. The molecule has 1 aliphatic carbocycles. The zero-order chi connectivity index (χ0) is 21.4. The first-order valence-corrected chi connectivity index (χ1v) is 11.2. The lowest BCUT2D eigenvalue weighted by molar-refractivity contribution is 0.143. The molecular formula is C25H29N3OS. The third kappa shape index (κ3) is 4.84. The van der Waals surface area contributed by atoms with Crippen molar-refractivity contribution in [1.29, 1.82) is 0 Å². The predicted octanol–water partition coefficient (Wildman–Crippen LogP) is 4.86. The van der Waals surface area contributed by atoms with Gasteiger partial charge in [0.05, 0.1) is 16.8 Å². The van der Waals surface area contributed by atoms with Crippen molar-refractivity contribution in [2.75, 3.05) is 0 Å². The van der Waals surface area contributed by atoms with E-state index in [4.69, 9.17) is 5.10 Å². The highest BCUT2D eigenvalue weighted by Gasteiger charge is 2.35. The van der Waals surface area contributed by atoms with Gasteiger partial charge in [0.2, 0.25) is 0 Å². The van der Waals surface area contributed by atoms with Crippen molar-refractivity contribution >= 4 is 11.3 Å². The van der Waals surface area contributed by atoms with E-state index >= 15 is 0 Å². The molecule has 1 aliphatic rings. The Morgan fingerprint density at radius 1 is 1.23 bits per heavy atom. The number of nitrogens with zero attached hydrogens (tertiary/aromatic N) is 2. The first-order chi connectivity index (χ1) is 14.2. The molecular weight excluding hydrogens is 390 g/mol. The SMILES string of the molecule is CC(C)(O)C#Cc1ccc(CN[C@H]2CC(C)(C)Cc3c2cnn3-c2ccccc2)s1. The Kier molecular flexibility index (Phi) is 5.59. The number of fused-ring (bicyclic) bond motifs is 1. The lowest BCUT2D eigenvalue weighted by Crippen LogP contribution is -2.33. The van der Waals surface area contributed by atoms with E-state index in [0.29, 0.717) is 0 Å². The number of rotatable bonds is 4. The molecule has 2 aromatic heterocycles. The van der Waals surface area contributed by atoms with Crippen LogP contribution in [0.15, 0.2) is 48.7 Å². The molecule has 3 aromatic rings. The predicted molar refractivity (Wildman–Crippen MR) is 123 cm³/mol. The van der Waals surface area contributed by atoms with Crippen LogP contribution < -0.4 is 5.32 Å². The zero-order valence-corrected chi connectivity index (χ0v) is 18.9. The molecule has 0 saturated heterocycles. The van der Waals surface area contributed by atoms with Crippen LogP contribution in [-0.2, 0) is 13.0 Å². The third-order valence-corrected chi connectivity index (χ3v) is 6.36. The van der Waals surface area contributed by atoms with E-state index in [1.165, 1.54) is 16.1 Å². The molecule has 2 N–H and O–H groups in total. The largest absolute Gasteiger partial charge is 0.378 e. The summed E-state index contributed by atoms with van der Waals surface area (Å²) in [5.74, 6) is 5.95. The van der Waals surface area contributed by atoms with Crippen molar-refractivity contribution in [3.8, 4) is 17.5 Å². The fourth-order valence-electron chi connectivity index (χ4n) is 3.99. The van der Waals surface area contributed by atoms with E-state index in [1.54, 1.807) is 25.2 Å². The highest BCUT2D eigenvalue weighted by Crippen LogP contribution is 2.41. The van der Waals surface area contributed by atoms with Gasteiger partial charge in [0.15, 0.2) is 0 Å². The van der Waals surface area contributed by atoms with Gasteiger partial charge in [0.1, 0.15) is 5.60 Å². The van der Waals surface area contributed by atoms with Crippen LogP contribution >= 0.6 is 11.3 Å². The summed E-state index contributed by atoms with van der Waals surface area (Å²) in [6.45, 7) is 8.87. The summed E-state index contributed by atoms with van der Waals surface area (Å²) in [4.78, 5) is 2.23. The molecule has 156 valence electrons. The van der Waals surface area contributed by atoms with Crippen molar-refractivity contribution in [2.45, 2.75) is 58.7 Å². The summed E-state index contributed by atoms with van der Waals surface area (Å²) >= 11 is 1.68. The van der Waals surface area contributed by atoms with Crippen LogP contribution in [0, 0.1) is 17.3 Å². The molecule has 0 bridgehead atoms. The summed E-state index contributed by atoms with van der Waals surface area (Å²) in [5, 5.41) is 18.3. The summed E-state index contributed by atoms with van der Waals surface area (Å²) in [5.41, 5.74) is 2.96. The van der Waals surface area contributed by atoms with E-state index in [-0.39, 0.29) is 11.5 Å². The minimum Gasteiger partial charge on any atom is -0.378 e. The first-order valence-electron chi connectivity index (χ1n) is 10.4. The molecule has 0 radical (unpaired) electrons. The first kappa shape index (κ1) is 20.9. The van der Waals surface area contributed by atoms with Gasteiger partial charge in [-0.1, -0.05) is 43.9 Å². The molecule has 0 amide bonds. The van der Waals surface area contributed by atoms with E-state index in [9.17, 15) is 5.11 Å². The second-order valence-electron chi connectivity index (χ2n) is 9.35. The summed E-state index contributed by atoms with van der Waals surface area (Å²) < 4.78 is 2.10. The van der Waals surface area contributed by atoms with Crippen LogP contribution in [0.3, 0.4) is 0 Å². The van der Waals surface area contributed by atoms with Gasteiger partial charge in [-0.3, -0.25) is 0 Å². The van der Waals surface area contributed by atoms with Crippen molar-refractivity contribution in [1.82, 2.24) is 15.1 Å². The second-order valence-corrected chi connectivity index (χ2v) is 10.5. The molecule has 0 unspecified atom stereocenters. The van der Waals surface area contributed by atoms with Crippen molar-refractivity contribution in [3.63, 3.8) is 0 Å². The fraction of sp³-hybridized carbons (Fsp3) is 0.400. The Bertz CT molecular complexity index is 1080. The van der Waals surface area contributed by atoms with Crippen LogP contribution in [0.2, 0.25) is 0 Å². The summed E-state index contributed by atoms with van der Waals surface area (Å²) in [7, 11) is 0. The van der Waals surface area contributed by atoms with Crippen LogP contribution in [0.4, 0.5) is 0 Å². The molecule has 4 nitrogen and oxygen atoms in total. The minimum absolute atomic E-state index is 0.204. The normalized spacial score (nSPS) is 17.8. The molecule has 0 fully saturated rings. The lowest BCUT2D eigenvalue weighted by Gasteiger charge is -2.36. The Morgan fingerprint density at radius 2 is 2.00 bits per heavy atom. The number of para-hydroxylation sites is 1. The van der Waals surface area contributed by atoms with Gasteiger partial charge in [0, 0.05) is 28.7 Å². The maximum atomic E-state index is 9.80. The van der Waals surface area contributed by atoms with Gasteiger partial charge in [-0.15, -0.1) is 11.3 Å². The Hall–Kier alpha value is -2.39. The number of hydrogen-bond acceptors (Lipinski definition) is 4. The quantitative estimate of drug-likeness (QED) is 0.594. The standard InChI is InChI=1S/C25H29N3OS/c1-24(2)14-22(26-16-20-11-10-19(30-20)12-13-25(3,4)29)21-17-27-28(23(21)15-24)18-8-6-5-7-9-18/h5-11,17,22,26,29H,14-16H2,1-4H3/t22-/m0/s1. The molecule has 4 rings (SSSR count). The number of aromatic nitrogens is 2. The van der Waals surface area contributed by atoms with E-state index in [0.717, 1.165) is 30.0 Å². The number of thiophene rings is 1. The van der Waals surface area contributed by atoms with E-state index in [2.05, 4.69) is 66.0 Å². The van der Waals surface area contributed by atoms with Crippen LogP contribution in [0.25, 0.3) is 5.69 Å². The Labute approximate surface area is 183 Å². The Balaban J connectivity index is 1.53. The second kappa shape index (κ2) is 8.03. The number of benzene rings is 1. The molecule has 0 saturated carbocycles. The maximum absolute atomic E-state index is 9.80. The third-order valence-electron chi connectivity index (χ3n) is 5.36. The number of aliphatic hydroxyl groups is 1. The van der Waals surface area contributed by atoms with Crippen molar-refractivity contribution < 1.29 is 5.11 Å². The highest BCUT2D eigenvalue weighted by molar-refractivity contribution is 7.12. The van der Waals surface area contributed by atoms with Crippen molar-refractivity contribution in [2.24, 2.45) is 5.41 Å². The number of hydrogen-bond donors (Lipinski definition) is 2. The van der Waals surface area contributed by atoms with E-state index < -0.39 is 5.60 Å².